The summed E-state index contributed by atoms with van der Waals surface area (Å²) >= 11 is 0. The highest BCUT2D eigenvalue weighted by molar-refractivity contribution is 6.02. The van der Waals surface area contributed by atoms with Crippen LogP contribution in [0, 0.1) is 12.7 Å². The summed E-state index contributed by atoms with van der Waals surface area (Å²) in [6.45, 7) is 2.52. The van der Waals surface area contributed by atoms with Gasteiger partial charge in [-0.15, -0.1) is 0 Å². The van der Waals surface area contributed by atoms with Crippen molar-refractivity contribution in [3.8, 4) is 5.75 Å². The highest BCUT2D eigenvalue weighted by Crippen LogP contribution is 2.23. The molecule has 2 amide bonds. The Kier molecular flexibility index (Phi) is 8.81. The first kappa shape index (κ1) is 27.4. The minimum absolute atomic E-state index is 0.0997. The van der Waals surface area contributed by atoms with Gasteiger partial charge in [-0.3, -0.25) is 9.59 Å². The van der Waals surface area contributed by atoms with Crippen molar-refractivity contribution in [2.45, 2.75) is 38.3 Å². The molecule has 4 rings (SSSR count). The van der Waals surface area contributed by atoms with Gasteiger partial charge >= 0.3 is 0 Å². The van der Waals surface area contributed by atoms with Crippen LogP contribution in [0.25, 0.3) is 0 Å². The van der Waals surface area contributed by atoms with E-state index in [1.807, 2.05) is 14.1 Å². The summed E-state index contributed by atoms with van der Waals surface area (Å²) in [5.74, 6) is -0.546. The first-order valence-electron chi connectivity index (χ1n) is 12.1. The Labute approximate surface area is 219 Å². The van der Waals surface area contributed by atoms with Gasteiger partial charge in [0.2, 0.25) is 5.91 Å². The normalized spacial score (nSPS) is 21.0. The fourth-order valence-electron chi connectivity index (χ4n) is 3.99. The number of hydrogen-bond donors (Lipinski definition) is 2. The molecule has 0 saturated carbocycles. The van der Waals surface area contributed by atoms with E-state index in [-0.39, 0.29) is 49.8 Å². The molecule has 2 N–H and O–H groups in total. The van der Waals surface area contributed by atoms with Crippen molar-refractivity contribution < 1.29 is 33.0 Å². The Morgan fingerprint density at radius 3 is 2.68 bits per heavy atom. The van der Waals surface area contributed by atoms with Crippen LogP contribution in [0.1, 0.15) is 34.0 Å². The van der Waals surface area contributed by atoms with Crippen LogP contribution in [0.5, 0.6) is 5.75 Å². The summed E-state index contributed by atoms with van der Waals surface area (Å²) in [5.41, 5.74) is 1.87. The van der Waals surface area contributed by atoms with E-state index in [1.54, 1.807) is 24.0 Å². The van der Waals surface area contributed by atoms with Crippen LogP contribution >= 0.6 is 0 Å². The number of amides is 2. The summed E-state index contributed by atoms with van der Waals surface area (Å²) in [5, 5.41) is 9.70. The molecule has 1 unspecified atom stereocenters. The zero-order chi connectivity index (χ0) is 27.2. The maximum absolute atomic E-state index is 13.6. The minimum atomic E-state index is -0.526. The van der Waals surface area contributed by atoms with Crippen molar-refractivity contribution in [2.24, 2.45) is 5.16 Å². The van der Waals surface area contributed by atoms with Crippen LogP contribution in [0.4, 0.5) is 4.39 Å². The highest BCUT2D eigenvalue weighted by Gasteiger charge is 2.36. The maximum Gasteiger partial charge on any atom is 0.270 e. The Hall–Kier alpha value is -3.68. The number of methoxy groups -OCH3 is 1. The third kappa shape index (κ3) is 7.00. The van der Waals surface area contributed by atoms with Gasteiger partial charge in [-0.2, -0.15) is 0 Å². The molecule has 1 aromatic carbocycles. The smallest absolute Gasteiger partial charge is 0.270 e. The molecule has 13 heteroatoms. The molecule has 2 aliphatic heterocycles. The van der Waals surface area contributed by atoms with E-state index in [1.165, 1.54) is 19.2 Å². The Balaban J connectivity index is 1.31. The maximum atomic E-state index is 13.6. The quantitative estimate of drug-likeness (QED) is 0.482. The third-order valence-electron chi connectivity index (χ3n) is 5.85. The number of rotatable bonds is 9. The fourth-order valence-corrected chi connectivity index (χ4v) is 3.99. The standard InChI is InChI=1S/C25H31FN6O6/c1-14-28-17(8-19(29-14)25(34)27-10-15-5-6-16(26)20(7-15)35-4)18-9-21(38-31-18)22-12-37-24(13-36-22)30-23(33)11-32(2)3/h5-8,21-22,24H,9-13H2,1-4H3,(H,27,34)(H,30,33)/t21?,22-,24+/m0/s1. The molecule has 1 saturated heterocycles. The number of aromatic nitrogens is 2. The number of halogens is 1. The summed E-state index contributed by atoms with van der Waals surface area (Å²) in [6, 6.07) is 5.92. The zero-order valence-electron chi connectivity index (χ0n) is 21.7. The van der Waals surface area contributed by atoms with Gasteiger partial charge in [0.25, 0.3) is 5.91 Å². The van der Waals surface area contributed by atoms with E-state index in [9.17, 15) is 14.0 Å². The monoisotopic (exact) mass is 530 g/mol. The molecule has 2 aromatic rings. The predicted octanol–water partition coefficient (Wildman–Crippen LogP) is 0.775. The first-order valence-corrected chi connectivity index (χ1v) is 12.1. The second kappa shape index (κ2) is 12.2. The van der Waals surface area contributed by atoms with Crippen LogP contribution < -0.4 is 15.4 Å². The molecule has 0 aliphatic carbocycles. The van der Waals surface area contributed by atoms with Gasteiger partial charge in [0.1, 0.15) is 23.3 Å². The lowest BCUT2D eigenvalue weighted by Crippen LogP contribution is -2.51. The third-order valence-corrected chi connectivity index (χ3v) is 5.85. The largest absolute Gasteiger partial charge is 0.494 e. The van der Waals surface area contributed by atoms with E-state index in [0.717, 1.165) is 0 Å². The number of likely N-dealkylation sites (N-methyl/N-ethyl adjacent to an activating group) is 1. The average molecular weight is 531 g/mol. The molecule has 0 spiro atoms. The number of ether oxygens (including phenoxy) is 3. The molecule has 0 radical (unpaired) electrons. The van der Waals surface area contributed by atoms with E-state index in [4.69, 9.17) is 19.0 Å². The Bertz CT molecular complexity index is 1200. The summed E-state index contributed by atoms with van der Waals surface area (Å²) < 4.78 is 30.2. The van der Waals surface area contributed by atoms with Crippen LogP contribution in [0.15, 0.2) is 29.4 Å². The second-order valence-corrected chi connectivity index (χ2v) is 9.22. The number of carbonyl (C=O) groups is 2. The van der Waals surface area contributed by atoms with Crippen LogP contribution in [-0.4, -0.2) is 91.8 Å². The van der Waals surface area contributed by atoms with Crippen LogP contribution in [-0.2, 0) is 25.7 Å². The molecular weight excluding hydrogens is 499 g/mol. The number of carbonyl (C=O) groups excluding carboxylic acids is 2. The minimum Gasteiger partial charge on any atom is -0.494 e. The van der Waals surface area contributed by atoms with Crippen molar-refractivity contribution in [3.63, 3.8) is 0 Å². The van der Waals surface area contributed by atoms with E-state index < -0.39 is 24.1 Å². The predicted molar refractivity (Wildman–Crippen MR) is 133 cm³/mol. The van der Waals surface area contributed by atoms with E-state index in [2.05, 4.69) is 25.8 Å². The van der Waals surface area contributed by atoms with Crippen molar-refractivity contribution in [1.29, 1.82) is 0 Å². The van der Waals surface area contributed by atoms with Crippen molar-refractivity contribution in [1.82, 2.24) is 25.5 Å². The summed E-state index contributed by atoms with van der Waals surface area (Å²) in [4.78, 5) is 40.7. The number of oxime groups is 1. The second-order valence-electron chi connectivity index (χ2n) is 9.22. The van der Waals surface area contributed by atoms with E-state index in [0.29, 0.717) is 29.2 Å². The Morgan fingerprint density at radius 2 is 1.97 bits per heavy atom. The molecule has 1 aromatic heterocycles. The van der Waals surface area contributed by atoms with Crippen LogP contribution in [0.2, 0.25) is 0 Å². The highest BCUT2D eigenvalue weighted by atomic mass is 19.1. The van der Waals surface area contributed by atoms with Gasteiger partial charge < -0.3 is 34.6 Å². The lowest BCUT2D eigenvalue weighted by atomic mass is 10.0. The van der Waals surface area contributed by atoms with Crippen molar-refractivity contribution in [2.75, 3.05) is 41.0 Å². The van der Waals surface area contributed by atoms with E-state index >= 15 is 0 Å². The van der Waals surface area contributed by atoms with Gasteiger partial charge in [-0.1, -0.05) is 11.2 Å². The molecule has 0 bridgehead atoms. The molecule has 3 atom stereocenters. The number of nitrogens with zero attached hydrogens (tertiary/aromatic N) is 4. The van der Waals surface area contributed by atoms with Gasteiger partial charge in [0.15, 0.2) is 23.9 Å². The topological polar surface area (TPSA) is 136 Å². The first-order chi connectivity index (χ1) is 18.2. The molecular formula is C25H31FN6O6. The molecule has 2 aliphatic rings. The number of benzene rings is 1. The molecule has 1 fully saturated rings. The van der Waals surface area contributed by atoms with Gasteiger partial charge in [-0.05, 0) is 44.8 Å². The lowest BCUT2D eigenvalue weighted by molar-refractivity contribution is -0.181. The number of hydrogen-bond acceptors (Lipinski definition) is 10. The molecule has 3 heterocycles. The SMILES string of the molecule is COc1cc(CNC(=O)c2cc(C3=NOC([C@@H]4CO[C@@H](NC(=O)CN(C)C)CO4)C3)nc(C)n2)ccc1F. The van der Waals surface area contributed by atoms with Crippen LogP contribution in [0.3, 0.4) is 0 Å². The molecule has 12 nitrogen and oxygen atoms in total. The lowest BCUT2D eigenvalue weighted by Gasteiger charge is -2.32. The summed E-state index contributed by atoms with van der Waals surface area (Å²) in [6.07, 6.45) is -0.901. The summed E-state index contributed by atoms with van der Waals surface area (Å²) in [7, 11) is 5.00. The zero-order valence-corrected chi connectivity index (χ0v) is 21.7. The Morgan fingerprint density at radius 1 is 1.16 bits per heavy atom. The van der Waals surface area contributed by atoms with Crippen molar-refractivity contribution in [3.05, 3.63) is 52.9 Å². The van der Waals surface area contributed by atoms with Gasteiger partial charge in [0.05, 0.1) is 32.6 Å². The number of nitrogens with one attached hydrogen (secondary N) is 2. The average Bonchev–Trinajstić information content (AvgIpc) is 3.38. The molecule has 38 heavy (non-hydrogen) atoms. The van der Waals surface area contributed by atoms with Crippen molar-refractivity contribution >= 4 is 17.5 Å². The van der Waals surface area contributed by atoms with Gasteiger partial charge in [-0.25, -0.2) is 14.4 Å². The number of aryl methyl sites for hydroxylation is 1. The molecule has 204 valence electrons. The van der Waals surface area contributed by atoms with Gasteiger partial charge in [0, 0.05) is 13.0 Å². The fraction of sp³-hybridized carbons (Fsp3) is 0.480.